The minimum absolute atomic E-state index is 0.148. The van der Waals surface area contributed by atoms with Gasteiger partial charge in [0.05, 0.1) is 0 Å². The second kappa shape index (κ2) is 7.62. The lowest BCUT2D eigenvalue weighted by molar-refractivity contribution is 0.196. The van der Waals surface area contributed by atoms with Crippen molar-refractivity contribution in [3.05, 3.63) is 26.7 Å². The fraction of sp³-hybridized carbons (Fsp3) is 0.684. The third kappa shape index (κ3) is 3.49. The summed E-state index contributed by atoms with van der Waals surface area (Å²) in [6.45, 7) is 0. The van der Waals surface area contributed by atoms with E-state index in [-0.39, 0.29) is 17.1 Å². The molecule has 2 fully saturated rings. The van der Waals surface area contributed by atoms with E-state index in [1.165, 1.54) is 64.2 Å². The van der Waals surface area contributed by atoms with Gasteiger partial charge in [0.2, 0.25) is 0 Å². The predicted octanol–water partition coefficient (Wildman–Crippen LogP) is 3.86. The average Bonchev–Trinajstić information content (AvgIpc) is 3.07. The molecular formula is C19H25ClN4O3. The van der Waals surface area contributed by atoms with E-state index in [1.54, 1.807) is 0 Å². The number of hydrogen-bond acceptors (Lipinski definition) is 4. The van der Waals surface area contributed by atoms with Gasteiger partial charge in [-0.25, -0.2) is 9.78 Å². The standard InChI is InChI=1S/C19H25ClN4O3/c20-18(26)24-17(25)14-16(23-19(24)27)22-15(21-14)13(11-7-3-1-4-8-11)12-9-5-2-6-10-12/h11-13H,1-10H2,(H,21,22)(H,23,27). The summed E-state index contributed by atoms with van der Waals surface area (Å²) in [6.07, 6.45) is 12.2. The highest BCUT2D eigenvalue weighted by atomic mass is 35.5. The van der Waals surface area contributed by atoms with Crippen molar-refractivity contribution in [1.29, 1.82) is 0 Å². The first-order chi connectivity index (χ1) is 13.1. The smallest absolute Gasteiger partial charge is 0.336 e. The predicted molar refractivity (Wildman–Crippen MR) is 104 cm³/mol. The molecule has 2 heterocycles. The number of carbonyl (C=O) groups excluding carboxylic acids is 1. The highest BCUT2D eigenvalue weighted by Crippen LogP contribution is 2.44. The molecule has 2 aromatic heterocycles. The Morgan fingerprint density at radius 2 is 1.52 bits per heavy atom. The summed E-state index contributed by atoms with van der Waals surface area (Å²) in [5, 5.41) is -1.12. The van der Waals surface area contributed by atoms with Crippen molar-refractivity contribution in [2.45, 2.75) is 70.1 Å². The molecule has 2 N–H and O–H groups in total. The van der Waals surface area contributed by atoms with Gasteiger partial charge in [0.25, 0.3) is 5.56 Å². The maximum absolute atomic E-state index is 12.5. The van der Waals surface area contributed by atoms with Crippen LogP contribution in [0.3, 0.4) is 0 Å². The van der Waals surface area contributed by atoms with Gasteiger partial charge in [0.15, 0.2) is 5.65 Å². The molecule has 0 unspecified atom stereocenters. The molecule has 2 aromatic rings. The van der Waals surface area contributed by atoms with E-state index < -0.39 is 16.6 Å². The summed E-state index contributed by atoms with van der Waals surface area (Å²) >= 11 is 5.40. The minimum atomic E-state index is -1.12. The van der Waals surface area contributed by atoms with E-state index in [1.807, 2.05) is 0 Å². The molecule has 0 radical (unpaired) electrons. The summed E-state index contributed by atoms with van der Waals surface area (Å²) in [5.74, 6) is 2.13. The second-order valence-electron chi connectivity index (χ2n) is 7.99. The molecule has 7 nitrogen and oxygen atoms in total. The Balaban J connectivity index is 1.80. The summed E-state index contributed by atoms with van der Waals surface area (Å²) in [5.41, 5.74) is -1.23. The molecule has 27 heavy (non-hydrogen) atoms. The first-order valence-corrected chi connectivity index (χ1v) is 10.4. The summed E-state index contributed by atoms with van der Waals surface area (Å²) in [6, 6.07) is 0. The number of fused-ring (bicyclic) bond motifs is 1. The van der Waals surface area contributed by atoms with Gasteiger partial charge in [-0.1, -0.05) is 38.5 Å². The fourth-order valence-corrected chi connectivity index (χ4v) is 5.29. The Morgan fingerprint density at radius 1 is 0.963 bits per heavy atom. The minimum Gasteiger partial charge on any atom is -0.336 e. The first-order valence-electron chi connectivity index (χ1n) is 10.0. The number of aromatic nitrogens is 4. The number of rotatable bonds is 3. The average molecular weight is 393 g/mol. The maximum Gasteiger partial charge on any atom is 0.338 e. The van der Waals surface area contributed by atoms with Crippen LogP contribution in [0.15, 0.2) is 9.59 Å². The van der Waals surface area contributed by atoms with E-state index in [0.29, 0.717) is 16.4 Å². The lowest BCUT2D eigenvalue weighted by Crippen LogP contribution is -2.37. The van der Waals surface area contributed by atoms with E-state index in [4.69, 9.17) is 11.6 Å². The van der Waals surface area contributed by atoms with Crippen LogP contribution in [-0.2, 0) is 0 Å². The van der Waals surface area contributed by atoms with Gasteiger partial charge >= 0.3 is 11.1 Å². The first kappa shape index (κ1) is 18.5. The van der Waals surface area contributed by atoms with Crippen LogP contribution >= 0.6 is 11.6 Å². The normalized spacial score (nSPS) is 19.8. The van der Waals surface area contributed by atoms with Gasteiger partial charge in [-0.3, -0.25) is 14.6 Å². The monoisotopic (exact) mass is 392 g/mol. The van der Waals surface area contributed by atoms with Crippen molar-refractivity contribution in [3.8, 4) is 0 Å². The number of halogens is 1. The SMILES string of the molecule is O=C(Cl)n1c(=O)[nH]c2nc(C(C3CCCCC3)C3CCCCC3)[nH]c2c1=O. The largest absolute Gasteiger partial charge is 0.338 e. The molecule has 0 saturated heterocycles. The molecule has 0 atom stereocenters. The van der Waals surface area contributed by atoms with Crippen LogP contribution in [0.4, 0.5) is 4.79 Å². The zero-order valence-electron chi connectivity index (χ0n) is 15.3. The molecule has 146 valence electrons. The highest BCUT2D eigenvalue weighted by molar-refractivity contribution is 6.63. The maximum atomic E-state index is 12.5. The van der Waals surface area contributed by atoms with Crippen molar-refractivity contribution in [3.63, 3.8) is 0 Å². The molecule has 0 aliphatic heterocycles. The zero-order valence-corrected chi connectivity index (χ0v) is 16.1. The van der Waals surface area contributed by atoms with Crippen LogP contribution in [0.25, 0.3) is 11.2 Å². The molecule has 2 saturated carbocycles. The van der Waals surface area contributed by atoms with Crippen LogP contribution < -0.4 is 11.2 Å². The van der Waals surface area contributed by atoms with E-state index in [0.717, 1.165) is 5.82 Å². The van der Waals surface area contributed by atoms with Crippen LogP contribution in [-0.4, -0.2) is 24.9 Å². The molecule has 0 spiro atoms. The van der Waals surface area contributed by atoms with Crippen LogP contribution in [0.5, 0.6) is 0 Å². The van der Waals surface area contributed by atoms with Gasteiger partial charge < -0.3 is 4.98 Å². The van der Waals surface area contributed by atoms with Crippen molar-refractivity contribution < 1.29 is 4.79 Å². The third-order valence-electron chi connectivity index (χ3n) is 6.37. The van der Waals surface area contributed by atoms with Gasteiger partial charge in [0, 0.05) is 5.92 Å². The van der Waals surface area contributed by atoms with Crippen molar-refractivity contribution in [2.24, 2.45) is 11.8 Å². The van der Waals surface area contributed by atoms with E-state index in [9.17, 15) is 14.4 Å². The van der Waals surface area contributed by atoms with E-state index >= 15 is 0 Å². The van der Waals surface area contributed by atoms with E-state index in [2.05, 4.69) is 15.0 Å². The van der Waals surface area contributed by atoms with Gasteiger partial charge in [-0.05, 0) is 49.1 Å². The molecule has 0 bridgehead atoms. The number of aromatic amines is 2. The van der Waals surface area contributed by atoms with Crippen molar-refractivity contribution in [1.82, 2.24) is 19.5 Å². The molecule has 2 aliphatic carbocycles. The number of carbonyl (C=O) groups is 1. The molecule has 8 heteroatoms. The summed E-state index contributed by atoms with van der Waals surface area (Å²) < 4.78 is 0.405. The lowest BCUT2D eigenvalue weighted by atomic mass is 9.69. The Morgan fingerprint density at radius 3 is 2.04 bits per heavy atom. The number of imidazole rings is 1. The van der Waals surface area contributed by atoms with Gasteiger partial charge in [-0.2, -0.15) is 4.57 Å². The summed E-state index contributed by atoms with van der Waals surface area (Å²) in [7, 11) is 0. The van der Waals surface area contributed by atoms with Crippen LogP contribution in [0.1, 0.15) is 76.0 Å². The summed E-state index contributed by atoms with van der Waals surface area (Å²) in [4.78, 5) is 46.3. The number of H-pyrrole nitrogens is 2. The van der Waals surface area contributed by atoms with Gasteiger partial charge in [-0.15, -0.1) is 0 Å². The Bertz CT molecular complexity index is 930. The third-order valence-corrected chi connectivity index (χ3v) is 6.54. The topological polar surface area (TPSA) is 101 Å². The lowest BCUT2D eigenvalue weighted by Gasteiger charge is -2.36. The quantitative estimate of drug-likeness (QED) is 0.774. The molecular weight excluding hydrogens is 368 g/mol. The number of hydrogen-bond donors (Lipinski definition) is 2. The Labute approximate surface area is 161 Å². The van der Waals surface area contributed by atoms with Crippen LogP contribution in [0, 0.1) is 11.8 Å². The molecule has 0 amide bonds. The number of nitrogens with one attached hydrogen (secondary N) is 2. The van der Waals surface area contributed by atoms with Crippen molar-refractivity contribution in [2.75, 3.05) is 0 Å². The van der Waals surface area contributed by atoms with Crippen LogP contribution in [0.2, 0.25) is 0 Å². The second-order valence-corrected chi connectivity index (χ2v) is 8.31. The molecule has 0 aromatic carbocycles. The van der Waals surface area contributed by atoms with Crippen molar-refractivity contribution >= 4 is 28.1 Å². The zero-order chi connectivity index (χ0) is 19.0. The molecule has 4 rings (SSSR count). The van der Waals surface area contributed by atoms with Gasteiger partial charge in [0.1, 0.15) is 11.3 Å². The Kier molecular flexibility index (Phi) is 5.21. The number of nitrogens with zero attached hydrogens (tertiary/aromatic N) is 2. The Hall–Kier alpha value is -1.89. The fourth-order valence-electron chi connectivity index (χ4n) is 5.13. The highest BCUT2D eigenvalue weighted by Gasteiger charge is 2.35. The molecule has 2 aliphatic rings.